The van der Waals surface area contributed by atoms with Crippen LogP contribution in [0.2, 0.25) is 0 Å². The van der Waals surface area contributed by atoms with E-state index in [0.29, 0.717) is 6.54 Å². The summed E-state index contributed by atoms with van der Waals surface area (Å²) in [7, 11) is 3.92. The molecule has 2 aromatic carbocycles. The maximum Gasteiger partial charge on any atom is 0.236 e. The molecule has 1 heterocycles. The van der Waals surface area contributed by atoms with Gasteiger partial charge in [-0.05, 0) is 25.2 Å². The normalized spacial score (nSPS) is 11.8. The summed E-state index contributed by atoms with van der Waals surface area (Å²) in [6, 6.07) is 18.9. The first-order valence-electron chi connectivity index (χ1n) is 7.54. The Hall–Kier alpha value is -2.43. The molecule has 0 fully saturated rings. The molecule has 3 rings (SSSR count). The summed E-state index contributed by atoms with van der Waals surface area (Å²) in [4.78, 5) is 6.35. The smallest absolute Gasteiger partial charge is 0.236 e. The average Bonchev–Trinajstić information content (AvgIpc) is 3.04. The fourth-order valence-corrected chi connectivity index (χ4v) is 2.63. The van der Waals surface area contributed by atoms with Crippen LogP contribution in [0.1, 0.15) is 22.8 Å². The van der Waals surface area contributed by atoms with E-state index >= 15 is 0 Å². The third-order valence-electron chi connectivity index (χ3n) is 3.72. The van der Waals surface area contributed by atoms with Gasteiger partial charge in [-0.25, -0.2) is 4.98 Å². The van der Waals surface area contributed by atoms with Gasteiger partial charge in [0, 0.05) is 0 Å². The Labute approximate surface area is 136 Å². The molecule has 0 bridgehead atoms. The minimum Gasteiger partial charge on any atom is -0.441 e. The predicted octanol–water partition coefficient (Wildman–Crippen LogP) is 3.02. The molecule has 0 spiro atoms. The molecule has 0 aliphatic heterocycles. The summed E-state index contributed by atoms with van der Waals surface area (Å²) in [6.45, 7) is 0.632. The Morgan fingerprint density at radius 2 is 1.48 bits per heavy atom. The Morgan fingerprint density at radius 1 is 0.957 bits per heavy atom. The molecule has 4 nitrogen and oxygen atoms in total. The Bertz CT molecular complexity index is 712. The fourth-order valence-electron chi connectivity index (χ4n) is 2.63. The van der Waals surface area contributed by atoms with Crippen molar-refractivity contribution in [2.75, 3.05) is 14.1 Å². The number of rotatable bonds is 5. The molecule has 0 unspecified atom stereocenters. The molecule has 0 aliphatic carbocycles. The second-order valence-electron chi connectivity index (χ2n) is 5.81. The highest BCUT2D eigenvalue weighted by atomic mass is 16.4. The lowest BCUT2D eigenvalue weighted by Crippen LogP contribution is -2.29. The number of hydrogen-bond acceptors (Lipinski definition) is 4. The van der Waals surface area contributed by atoms with Crippen molar-refractivity contribution in [2.45, 2.75) is 12.1 Å². The number of aromatic nitrogens is 1. The maximum absolute atomic E-state index is 11.5. The van der Waals surface area contributed by atoms with Gasteiger partial charge in [-0.1, -0.05) is 60.7 Å². The summed E-state index contributed by atoms with van der Waals surface area (Å²) in [5, 5.41) is 11.5. The summed E-state index contributed by atoms with van der Waals surface area (Å²) >= 11 is 0. The van der Waals surface area contributed by atoms with E-state index < -0.39 is 5.60 Å². The third-order valence-corrected chi connectivity index (χ3v) is 3.72. The molecule has 3 aromatic rings. The van der Waals surface area contributed by atoms with Crippen LogP contribution in [0.4, 0.5) is 0 Å². The van der Waals surface area contributed by atoms with Crippen molar-refractivity contribution < 1.29 is 9.52 Å². The second-order valence-corrected chi connectivity index (χ2v) is 5.81. The van der Waals surface area contributed by atoms with Crippen LogP contribution in [-0.2, 0) is 12.1 Å². The van der Waals surface area contributed by atoms with Crippen LogP contribution in [0.25, 0.3) is 0 Å². The Morgan fingerprint density at radius 3 is 1.96 bits per heavy atom. The van der Waals surface area contributed by atoms with Gasteiger partial charge in [0.15, 0.2) is 5.60 Å². The van der Waals surface area contributed by atoms with Gasteiger partial charge in [-0.15, -0.1) is 0 Å². The number of benzene rings is 2. The molecule has 0 amide bonds. The molecule has 4 heteroatoms. The van der Waals surface area contributed by atoms with Crippen LogP contribution in [0.15, 0.2) is 71.3 Å². The van der Waals surface area contributed by atoms with Gasteiger partial charge in [0.25, 0.3) is 0 Å². The number of nitrogens with zero attached hydrogens (tertiary/aromatic N) is 2. The molecule has 1 aromatic heterocycles. The second kappa shape index (κ2) is 6.36. The van der Waals surface area contributed by atoms with E-state index in [1.54, 1.807) is 6.20 Å². The summed E-state index contributed by atoms with van der Waals surface area (Å²) in [5.41, 5.74) is 0.0431. The van der Waals surface area contributed by atoms with Crippen LogP contribution in [-0.4, -0.2) is 29.1 Å². The largest absolute Gasteiger partial charge is 0.441 e. The highest BCUT2D eigenvalue weighted by Crippen LogP contribution is 2.36. The highest BCUT2D eigenvalue weighted by molar-refractivity contribution is 5.41. The molecule has 0 saturated carbocycles. The zero-order valence-corrected chi connectivity index (χ0v) is 13.3. The maximum atomic E-state index is 11.5. The molecule has 0 radical (unpaired) electrons. The van der Waals surface area contributed by atoms with Crippen molar-refractivity contribution in [3.8, 4) is 0 Å². The summed E-state index contributed by atoms with van der Waals surface area (Å²) in [5.74, 6) is 1.00. The van der Waals surface area contributed by atoms with E-state index in [2.05, 4.69) is 4.98 Å². The number of aliphatic hydroxyl groups is 1. The Balaban J connectivity index is 2.11. The zero-order valence-electron chi connectivity index (χ0n) is 13.3. The molecular weight excluding hydrogens is 288 g/mol. The van der Waals surface area contributed by atoms with E-state index in [4.69, 9.17) is 4.42 Å². The van der Waals surface area contributed by atoms with E-state index in [9.17, 15) is 5.11 Å². The molecular formula is C19H20N2O2. The highest BCUT2D eigenvalue weighted by Gasteiger charge is 2.38. The van der Waals surface area contributed by atoms with E-state index in [1.165, 1.54) is 0 Å². The topological polar surface area (TPSA) is 49.5 Å². The SMILES string of the molecule is CN(C)Cc1cnc(C(O)(c2ccccc2)c2ccccc2)o1. The van der Waals surface area contributed by atoms with Gasteiger partial charge in [-0.2, -0.15) is 0 Å². The minimum absolute atomic E-state index is 0.284. The van der Waals surface area contributed by atoms with Gasteiger partial charge in [0.2, 0.25) is 5.89 Å². The third kappa shape index (κ3) is 3.04. The molecule has 1 N–H and O–H groups in total. The quantitative estimate of drug-likeness (QED) is 0.787. The van der Waals surface area contributed by atoms with Gasteiger partial charge < -0.3 is 14.4 Å². The van der Waals surface area contributed by atoms with Crippen molar-refractivity contribution in [2.24, 2.45) is 0 Å². The zero-order chi connectivity index (χ0) is 16.3. The molecule has 0 atom stereocenters. The van der Waals surface area contributed by atoms with Gasteiger partial charge in [0.1, 0.15) is 5.76 Å². The molecule has 118 valence electrons. The van der Waals surface area contributed by atoms with Crippen molar-refractivity contribution in [3.63, 3.8) is 0 Å². The van der Waals surface area contributed by atoms with Crippen LogP contribution in [0.5, 0.6) is 0 Å². The first kappa shape index (κ1) is 15.5. The summed E-state index contributed by atoms with van der Waals surface area (Å²) in [6.07, 6.45) is 1.67. The van der Waals surface area contributed by atoms with Crippen molar-refractivity contribution >= 4 is 0 Å². The van der Waals surface area contributed by atoms with Crippen molar-refractivity contribution in [1.29, 1.82) is 0 Å². The predicted molar refractivity (Wildman–Crippen MR) is 88.9 cm³/mol. The van der Waals surface area contributed by atoms with Crippen LogP contribution in [0.3, 0.4) is 0 Å². The number of hydrogen-bond donors (Lipinski definition) is 1. The fraction of sp³-hybridized carbons (Fsp3) is 0.211. The van der Waals surface area contributed by atoms with Gasteiger partial charge >= 0.3 is 0 Å². The lowest BCUT2D eigenvalue weighted by molar-refractivity contribution is 0.0903. The van der Waals surface area contributed by atoms with Gasteiger partial charge in [-0.3, -0.25) is 0 Å². The van der Waals surface area contributed by atoms with Crippen molar-refractivity contribution in [1.82, 2.24) is 9.88 Å². The molecule has 0 saturated heterocycles. The number of oxazole rings is 1. The van der Waals surface area contributed by atoms with Crippen LogP contribution >= 0.6 is 0 Å². The van der Waals surface area contributed by atoms with E-state index in [-0.39, 0.29) is 5.89 Å². The van der Waals surface area contributed by atoms with Crippen LogP contribution in [0, 0.1) is 0 Å². The average molecular weight is 308 g/mol. The summed E-state index contributed by atoms with van der Waals surface area (Å²) < 4.78 is 5.87. The van der Waals surface area contributed by atoms with E-state index in [0.717, 1.165) is 16.9 Å². The molecule has 23 heavy (non-hydrogen) atoms. The molecule has 0 aliphatic rings. The standard InChI is InChI=1S/C19H20N2O2/c1-21(2)14-17-13-20-18(23-17)19(22,15-9-5-3-6-10-15)16-11-7-4-8-12-16/h3-13,22H,14H2,1-2H3. The Kier molecular flexibility index (Phi) is 4.28. The van der Waals surface area contributed by atoms with Crippen molar-refractivity contribution in [3.05, 3.63) is 89.6 Å². The monoisotopic (exact) mass is 308 g/mol. The first-order chi connectivity index (χ1) is 11.1. The van der Waals surface area contributed by atoms with Gasteiger partial charge in [0.05, 0.1) is 12.7 Å². The first-order valence-corrected chi connectivity index (χ1v) is 7.54. The lowest BCUT2D eigenvalue weighted by Gasteiger charge is -2.26. The minimum atomic E-state index is -1.41. The van der Waals surface area contributed by atoms with Crippen LogP contribution < -0.4 is 0 Å². The van der Waals surface area contributed by atoms with E-state index in [1.807, 2.05) is 79.7 Å². The lowest BCUT2D eigenvalue weighted by atomic mass is 9.86.